The zero-order valence-corrected chi connectivity index (χ0v) is 18.7. The van der Waals surface area contributed by atoms with Gasteiger partial charge in [-0.15, -0.1) is 0 Å². The minimum absolute atomic E-state index is 0.585. The number of nitrogens with zero attached hydrogens (tertiary/aromatic N) is 3. The van der Waals surface area contributed by atoms with Gasteiger partial charge in [-0.25, -0.2) is 0 Å². The largest absolute Gasteiger partial charge is 0.383 e. The second kappa shape index (κ2) is 10.0. The summed E-state index contributed by atoms with van der Waals surface area (Å²) in [6, 6.07) is 2.86. The van der Waals surface area contributed by atoms with Crippen molar-refractivity contribution < 1.29 is 4.74 Å². The highest BCUT2D eigenvalue weighted by Crippen LogP contribution is 2.33. The third-order valence-corrected chi connectivity index (χ3v) is 7.82. The van der Waals surface area contributed by atoms with Crippen LogP contribution in [0.1, 0.15) is 66.2 Å². The molecule has 0 aromatic rings. The van der Waals surface area contributed by atoms with E-state index in [-0.39, 0.29) is 0 Å². The Morgan fingerprint density at radius 3 is 2.04 bits per heavy atom. The molecule has 1 aliphatic carbocycles. The van der Waals surface area contributed by atoms with Gasteiger partial charge in [0.25, 0.3) is 0 Å². The van der Waals surface area contributed by atoms with E-state index in [0.29, 0.717) is 12.1 Å². The van der Waals surface area contributed by atoms with Crippen molar-refractivity contribution >= 4 is 0 Å². The molecule has 0 bridgehead atoms. The third kappa shape index (κ3) is 5.46. The van der Waals surface area contributed by atoms with Gasteiger partial charge in [0.15, 0.2) is 0 Å². The van der Waals surface area contributed by atoms with E-state index in [4.69, 9.17) is 4.74 Å². The average Bonchev–Trinajstić information content (AvgIpc) is 2.68. The number of hydrogen-bond acceptors (Lipinski definition) is 4. The molecule has 3 fully saturated rings. The Kier molecular flexibility index (Phi) is 8.02. The summed E-state index contributed by atoms with van der Waals surface area (Å²) in [5.41, 5.74) is 0. The van der Waals surface area contributed by atoms with E-state index >= 15 is 0 Å². The lowest BCUT2D eigenvalue weighted by molar-refractivity contribution is -0.0361. The van der Waals surface area contributed by atoms with Crippen molar-refractivity contribution in [3.8, 4) is 0 Å². The molecular formula is C23H45N3O. The summed E-state index contributed by atoms with van der Waals surface area (Å²) in [5.74, 6) is 1.82. The topological polar surface area (TPSA) is 19.0 Å². The molecule has 2 aliphatic heterocycles. The van der Waals surface area contributed by atoms with Gasteiger partial charge in [-0.05, 0) is 77.3 Å². The standard InChI is InChI=1S/C23H45N3O/c1-18(2)20-6-8-21(9-7-20)25-14-15-26(23(16-25)17-27-5)22-10-12-24(13-11-22)19(3)4/h18-23H,6-17H2,1-5H3/t20?,21?,23-/m0/s1. The van der Waals surface area contributed by atoms with Gasteiger partial charge in [-0.3, -0.25) is 9.80 Å². The molecule has 0 radical (unpaired) electrons. The highest BCUT2D eigenvalue weighted by atomic mass is 16.5. The smallest absolute Gasteiger partial charge is 0.0630 e. The first-order valence-corrected chi connectivity index (χ1v) is 11.7. The SMILES string of the molecule is COC[C@@H]1CN(C2CCC(C(C)C)CC2)CCN1C1CCN(C(C)C)CC1. The average molecular weight is 380 g/mol. The minimum Gasteiger partial charge on any atom is -0.383 e. The Bertz CT molecular complexity index is 425. The molecule has 1 atom stereocenters. The van der Waals surface area contributed by atoms with E-state index < -0.39 is 0 Å². The van der Waals surface area contributed by atoms with Crippen LogP contribution in [0.4, 0.5) is 0 Å². The second-order valence-electron chi connectivity index (χ2n) is 10.0. The number of likely N-dealkylation sites (tertiary alicyclic amines) is 1. The predicted molar refractivity (Wildman–Crippen MR) is 114 cm³/mol. The lowest BCUT2D eigenvalue weighted by Gasteiger charge is -2.50. The summed E-state index contributed by atoms with van der Waals surface area (Å²) in [5, 5.41) is 0. The molecule has 0 unspecified atom stereocenters. The molecule has 0 amide bonds. The van der Waals surface area contributed by atoms with Gasteiger partial charge < -0.3 is 9.64 Å². The van der Waals surface area contributed by atoms with Gasteiger partial charge in [0.2, 0.25) is 0 Å². The van der Waals surface area contributed by atoms with Crippen molar-refractivity contribution in [3.63, 3.8) is 0 Å². The third-order valence-electron chi connectivity index (χ3n) is 7.82. The lowest BCUT2D eigenvalue weighted by atomic mass is 9.79. The molecule has 0 spiro atoms. The van der Waals surface area contributed by atoms with Crippen LogP contribution in [0, 0.1) is 11.8 Å². The highest BCUT2D eigenvalue weighted by molar-refractivity contribution is 4.92. The van der Waals surface area contributed by atoms with E-state index in [1.54, 1.807) is 0 Å². The predicted octanol–water partition coefficient (Wildman–Crippen LogP) is 3.71. The fraction of sp³-hybridized carbons (Fsp3) is 1.00. The Morgan fingerprint density at radius 1 is 0.815 bits per heavy atom. The summed E-state index contributed by atoms with van der Waals surface area (Å²) in [4.78, 5) is 8.28. The molecule has 0 N–H and O–H groups in total. The summed E-state index contributed by atoms with van der Waals surface area (Å²) < 4.78 is 5.67. The molecule has 2 heterocycles. The van der Waals surface area contributed by atoms with Crippen LogP contribution in [0.2, 0.25) is 0 Å². The van der Waals surface area contributed by atoms with E-state index in [2.05, 4.69) is 42.4 Å². The molecule has 0 aromatic carbocycles. The quantitative estimate of drug-likeness (QED) is 0.700. The molecule has 4 nitrogen and oxygen atoms in total. The second-order valence-corrected chi connectivity index (χ2v) is 10.0. The summed E-state index contributed by atoms with van der Waals surface area (Å²) in [6.45, 7) is 16.6. The Balaban J connectivity index is 1.53. The molecule has 3 rings (SSSR count). The molecular weight excluding hydrogens is 334 g/mol. The number of methoxy groups -OCH3 is 1. The first-order valence-electron chi connectivity index (χ1n) is 11.7. The van der Waals surface area contributed by atoms with Crippen molar-refractivity contribution in [2.24, 2.45) is 11.8 Å². The zero-order valence-electron chi connectivity index (χ0n) is 18.7. The number of piperidine rings is 1. The van der Waals surface area contributed by atoms with Crippen molar-refractivity contribution in [3.05, 3.63) is 0 Å². The van der Waals surface area contributed by atoms with Gasteiger partial charge in [0.1, 0.15) is 0 Å². The van der Waals surface area contributed by atoms with Crippen LogP contribution in [0.3, 0.4) is 0 Å². The minimum atomic E-state index is 0.585. The summed E-state index contributed by atoms with van der Waals surface area (Å²) in [7, 11) is 1.88. The maximum Gasteiger partial charge on any atom is 0.0630 e. The molecule has 27 heavy (non-hydrogen) atoms. The maximum atomic E-state index is 5.67. The fourth-order valence-corrected chi connectivity index (χ4v) is 5.91. The van der Waals surface area contributed by atoms with Crippen molar-refractivity contribution in [2.45, 2.75) is 90.4 Å². The van der Waals surface area contributed by atoms with Crippen LogP contribution >= 0.6 is 0 Å². The van der Waals surface area contributed by atoms with E-state index in [1.807, 2.05) is 7.11 Å². The van der Waals surface area contributed by atoms with Crippen LogP contribution in [0.25, 0.3) is 0 Å². The molecule has 2 saturated heterocycles. The van der Waals surface area contributed by atoms with Gasteiger partial charge in [0.05, 0.1) is 6.61 Å². The fourth-order valence-electron chi connectivity index (χ4n) is 5.91. The van der Waals surface area contributed by atoms with Crippen molar-refractivity contribution in [1.29, 1.82) is 0 Å². The normalized spacial score (nSPS) is 33.2. The van der Waals surface area contributed by atoms with Gasteiger partial charge >= 0.3 is 0 Å². The summed E-state index contributed by atoms with van der Waals surface area (Å²) >= 11 is 0. The van der Waals surface area contributed by atoms with Gasteiger partial charge in [-0.1, -0.05) is 13.8 Å². The molecule has 1 saturated carbocycles. The number of piperazine rings is 1. The summed E-state index contributed by atoms with van der Waals surface area (Å²) in [6.07, 6.45) is 8.36. The molecule has 0 aromatic heterocycles. The first-order chi connectivity index (χ1) is 13.0. The van der Waals surface area contributed by atoms with Gasteiger partial charge in [0, 0.05) is 50.9 Å². The Hall–Kier alpha value is -0.160. The Labute approximate surface area is 168 Å². The van der Waals surface area contributed by atoms with E-state index in [0.717, 1.165) is 30.5 Å². The van der Waals surface area contributed by atoms with Crippen LogP contribution in [0.15, 0.2) is 0 Å². The van der Waals surface area contributed by atoms with E-state index in [9.17, 15) is 0 Å². The number of hydrogen-bond donors (Lipinski definition) is 0. The number of ether oxygens (including phenoxy) is 1. The molecule has 3 aliphatic rings. The number of rotatable bonds is 6. The Morgan fingerprint density at radius 2 is 1.48 bits per heavy atom. The first kappa shape index (κ1) is 21.5. The zero-order chi connectivity index (χ0) is 19.4. The van der Waals surface area contributed by atoms with Gasteiger partial charge in [-0.2, -0.15) is 0 Å². The highest BCUT2D eigenvalue weighted by Gasteiger charge is 2.37. The van der Waals surface area contributed by atoms with Crippen molar-refractivity contribution in [2.75, 3.05) is 46.4 Å². The van der Waals surface area contributed by atoms with E-state index in [1.165, 1.54) is 71.2 Å². The van der Waals surface area contributed by atoms with Crippen LogP contribution in [-0.2, 0) is 4.74 Å². The molecule has 4 heteroatoms. The van der Waals surface area contributed by atoms with Crippen LogP contribution in [-0.4, -0.2) is 85.3 Å². The monoisotopic (exact) mass is 379 g/mol. The van der Waals surface area contributed by atoms with Crippen LogP contribution < -0.4 is 0 Å². The van der Waals surface area contributed by atoms with Crippen LogP contribution in [0.5, 0.6) is 0 Å². The lowest BCUT2D eigenvalue weighted by Crippen LogP contribution is -2.61. The van der Waals surface area contributed by atoms with Crippen molar-refractivity contribution in [1.82, 2.24) is 14.7 Å². The maximum absolute atomic E-state index is 5.67. The molecule has 158 valence electrons.